The van der Waals surface area contributed by atoms with Gasteiger partial charge >= 0.3 is 0 Å². The van der Waals surface area contributed by atoms with Gasteiger partial charge in [-0.15, -0.1) is 0 Å². The Labute approximate surface area is 99.3 Å². The van der Waals surface area contributed by atoms with Crippen LogP contribution in [0.25, 0.3) is 0 Å². The molecule has 2 aliphatic rings. The molecule has 0 aromatic heterocycles. The summed E-state index contributed by atoms with van der Waals surface area (Å²) >= 11 is 0. The summed E-state index contributed by atoms with van der Waals surface area (Å²) in [7, 11) is 2.12. The summed E-state index contributed by atoms with van der Waals surface area (Å²) in [5.41, 5.74) is 0.570. The van der Waals surface area contributed by atoms with Crippen molar-refractivity contribution in [2.45, 2.75) is 39.5 Å². The van der Waals surface area contributed by atoms with E-state index < -0.39 is 0 Å². The zero-order chi connectivity index (χ0) is 11.6. The highest BCUT2D eigenvalue weighted by molar-refractivity contribution is 5.81. The molecule has 1 heterocycles. The maximum atomic E-state index is 4.49. The van der Waals surface area contributed by atoms with Crippen molar-refractivity contribution in [2.75, 3.05) is 26.7 Å². The molecule has 0 spiro atoms. The van der Waals surface area contributed by atoms with Gasteiger partial charge in [0.25, 0.3) is 0 Å². The van der Waals surface area contributed by atoms with Crippen molar-refractivity contribution in [3.63, 3.8) is 0 Å². The van der Waals surface area contributed by atoms with Gasteiger partial charge in [0.1, 0.15) is 0 Å². The predicted octanol–water partition coefficient (Wildman–Crippen LogP) is 2.09. The van der Waals surface area contributed by atoms with E-state index in [0.717, 1.165) is 31.5 Å². The minimum Gasteiger partial charge on any atom is -0.356 e. The number of aliphatic imine (C=N–C) groups is 1. The van der Waals surface area contributed by atoms with Crippen LogP contribution in [0, 0.1) is 11.3 Å². The molecular weight excluding hydrogens is 198 g/mol. The first-order chi connectivity index (χ1) is 7.61. The molecule has 1 N–H and O–H groups in total. The topological polar surface area (TPSA) is 27.6 Å². The third-order valence-corrected chi connectivity index (χ3v) is 3.94. The average Bonchev–Trinajstić information content (AvgIpc) is 2.55. The van der Waals surface area contributed by atoms with Crippen molar-refractivity contribution in [3.05, 3.63) is 0 Å². The lowest BCUT2D eigenvalue weighted by atomic mass is 9.64. The monoisotopic (exact) mass is 223 g/mol. The second-order valence-corrected chi connectivity index (χ2v) is 5.93. The zero-order valence-electron chi connectivity index (χ0n) is 10.9. The third-order valence-electron chi connectivity index (χ3n) is 3.94. The average molecular weight is 223 g/mol. The number of nitrogens with zero attached hydrogens (tertiary/aromatic N) is 2. The van der Waals surface area contributed by atoms with Crippen LogP contribution in [0.5, 0.6) is 0 Å². The predicted molar refractivity (Wildman–Crippen MR) is 68.7 cm³/mol. The van der Waals surface area contributed by atoms with Gasteiger partial charge in [-0.2, -0.15) is 0 Å². The van der Waals surface area contributed by atoms with Gasteiger partial charge in [-0.1, -0.05) is 20.3 Å². The Morgan fingerprint density at radius 2 is 2.19 bits per heavy atom. The van der Waals surface area contributed by atoms with Gasteiger partial charge in [0.15, 0.2) is 5.96 Å². The molecule has 0 atom stereocenters. The lowest BCUT2D eigenvalue weighted by Gasteiger charge is -2.43. The Balaban J connectivity index is 1.83. The van der Waals surface area contributed by atoms with Crippen LogP contribution in [0.4, 0.5) is 0 Å². The Morgan fingerprint density at radius 3 is 2.62 bits per heavy atom. The number of nitrogens with one attached hydrogen (secondary N) is 1. The standard InChI is InChI=1S/C13H25N3/c1-11(2)9-13(5-4-6-13)10-15-12-14-7-8-16(12)3/h11H,4-10H2,1-3H3,(H,14,15). The molecule has 1 aliphatic heterocycles. The molecular formula is C13H25N3. The molecule has 2 rings (SSSR count). The normalized spacial score (nSPS) is 23.2. The van der Waals surface area contributed by atoms with Crippen molar-refractivity contribution in [1.82, 2.24) is 10.2 Å². The maximum Gasteiger partial charge on any atom is 0.193 e. The van der Waals surface area contributed by atoms with Gasteiger partial charge in [-0.25, -0.2) is 0 Å². The summed E-state index contributed by atoms with van der Waals surface area (Å²) in [6, 6.07) is 0. The minimum absolute atomic E-state index is 0.570. The summed E-state index contributed by atoms with van der Waals surface area (Å²) in [6.07, 6.45) is 5.57. The highest BCUT2D eigenvalue weighted by Crippen LogP contribution is 2.45. The highest BCUT2D eigenvalue weighted by Gasteiger charge is 2.37. The molecule has 0 aromatic carbocycles. The van der Waals surface area contributed by atoms with Crippen LogP contribution in [0.2, 0.25) is 0 Å². The largest absolute Gasteiger partial charge is 0.356 e. The minimum atomic E-state index is 0.570. The Kier molecular flexibility index (Phi) is 3.41. The lowest BCUT2D eigenvalue weighted by molar-refractivity contribution is 0.104. The van der Waals surface area contributed by atoms with Gasteiger partial charge in [0, 0.05) is 20.1 Å². The lowest BCUT2D eigenvalue weighted by Crippen LogP contribution is -2.46. The summed E-state index contributed by atoms with van der Waals surface area (Å²) in [6.45, 7) is 7.81. The molecule has 0 aromatic rings. The first kappa shape index (κ1) is 11.7. The maximum absolute atomic E-state index is 4.49. The first-order valence-corrected chi connectivity index (χ1v) is 6.61. The van der Waals surface area contributed by atoms with Crippen LogP contribution < -0.4 is 5.32 Å². The second kappa shape index (κ2) is 4.64. The van der Waals surface area contributed by atoms with E-state index in [4.69, 9.17) is 0 Å². The number of guanidine groups is 1. The highest BCUT2D eigenvalue weighted by atomic mass is 15.3. The summed E-state index contributed by atoms with van der Waals surface area (Å²) in [4.78, 5) is 6.71. The quantitative estimate of drug-likeness (QED) is 0.790. The molecule has 3 heteroatoms. The molecule has 0 radical (unpaired) electrons. The van der Waals surface area contributed by atoms with Gasteiger partial charge in [0.2, 0.25) is 0 Å². The molecule has 0 unspecified atom stereocenters. The van der Waals surface area contributed by atoms with E-state index in [1.54, 1.807) is 0 Å². The van der Waals surface area contributed by atoms with Crippen LogP contribution in [0.15, 0.2) is 4.99 Å². The van der Waals surface area contributed by atoms with E-state index in [-0.39, 0.29) is 0 Å². The Morgan fingerprint density at radius 1 is 1.44 bits per heavy atom. The fourth-order valence-electron chi connectivity index (χ4n) is 2.99. The van der Waals surface area contributed by atoms with Crippen molar-refractivity contribution in [1.29, 1.82) is 0 Å². The van der Waals surface area contributed by atoms with Crippen molar-refractivity contribution >= 4 is 5.96 Å². The Hall–Kier alpha value is -0.730. The Bertz CT molecular complexity index is 266. The fourth-order valence-corrected chi connectivity index (χ4v) is 2.99. The van der Waals surface area contributed by atoms with Crippen molar-refractivity contribution in [3.8, 4) is 0 Å². The van der Waals surface area contributed by atoms with Gasteiger partial charge < -0.3 is 10.2 Å². The van der Waals surface area contributed by atoms with Crippen LogP contribution in [-0.4, -0.2) is 37.5 Å². The van der Waals surface area contributed by atoms with Crippen LogP contribution >= 0.6 is 0 Å². The molecule has 92 valence electrons. The molecule has 1 aliphatic carbocycles. The smallest absolute Gasteiger partial charge is 0.193 e. The van der Waals surface area contributed by atoms with Crippen LogP contribution in [0.3, 0.4) is 0 Å². The van der Waals surface area contributed by atoms with Crippen LogP contribution in [0.1, 0.15) is 39.5 Å². The zero-order valence-corrected chi connectivity index (χ0v) is 10.9. The molecule has 16 heavy (non-hydrogen) atoms. The summed E-state index contributed by atoms with van der Waals surface area (Å²) in [5, 5.41) is 3.56. The summed E-state index contributed by atoms with van der Waals surface area (Å²) in [5.74, 6) is 1.92. The number of hydrogen-bond acceptors (Lipinski definition) is 3. The second-order valence-electron chi connectivity index (χ2n) is 5.93. The SMILES string of the molecule is CC(C)CC1(CNC2=NCCN2C)CCC1. The number of likely N-dealkylation sites (N-methyl/N-ethyl adjacent to an activating group) is 1. The van der Waals surface area contributed by atoms with Crippen molar-refractivity contribution in [2.24, 2.45) is 16.3 Å². The third kappa shape index (κ3) is 2.50. The van der Waals surface area contributed by atoms with Gasteiger partial charge in [0.05, 0.1) is 6.54 Å². The van der Waals surface area contributed by atoms with E-state index in [0.29, 0.717) is 5.41 Å². The number of rotatable bonds is 4. The number of hydrogen-bond donors (Lipinski definition) is 1. The fraction of sp³-hybridized carbons (Fsp3) is 0.923. The van der Waals surface area contributed by atoms with E-state index in [2.05, 4.69) is 36.1 Å². The molecule has 0 bridgehead atoms. The van der Waals surface area contributed by atoms with E-state index in [1.807, 2.05) is 0 Å². The van der Waals surface area contributed by atoms with E-state index in [9.17, 15) is 0 Å². The first-order valence-electron chi connectivity index (χ1n) is 6.61. The molecule has 0 saturated heterocycles. The van der Waals surface area contributed by atoms with Crippen LogP contribution in [-0.2, 0) is 0 Å². The van der Waals surface area contributed by atoms with E-state index in [1.165, 1.54) is 25.7 Å². The summed E-state index contributed by atoms with van der Waals surface area (Å²) < 4.78 is 0. The van der Waals surface area contributed by atoms with Gasteiger partial charge in [-0.3, -0.25) is 4.99 Å². The van der Waals surface area contributed by atoms with E-state index >= 15 is 0 Å². The van der Waals surface area contributed by atoms with Gasteiger partial charge in [-0.05, 0) is 30.6 Å². The van der Waals surface area contributed by atoms with Crippen molar-refractivity contribution < 1.29 is 0 Å². The molecule has 0 amide bonds. The molecule has 1 saturated carbocycles. The molecule has 3 nitrogen and oxygen atoms in total. The molecule has 1 fully saturated rings.